The molecule has 0 unspecified atom stereocenters. The first kappa shape index (κ1) is 19.9. The molecule has 2 heterocycles. The Hall–Kier alpha value is -3.42. The van der Waals surface area contributed by atoms with E-state index in [-0.39, 0.29) is 13.1 Å². The highest BCUT2D eigenvalue weighted by molar-refractivity contribution is 6.36. The molecule has 156 valence electrons. The van der Waals surface area contributed by atoms with Gasteiger partial charge in [-0.25, -0.2) is 0 Å². The van der Waals surface area contributed by atoms with Crippen molar-refractivity contribution in [2.24, 2.45) is 0 Å². The Morgan fingerprint density at radius 2 is 1.00 bits per heavy atom. The quantitative estimate of drug-likeness (QED) is 0.713. The van der Waals surface area contributed by atoms with Crippen molar-refractivity contribution in [1.29, 1.82) is 0 Å². The van der Waals surface area contributed by atoms with Gasteiger partial charge < -0.3 is 10.6 Å². The molecular formula is C22H24N4O4. The summed E-state index contributed by atoms with van der Waals surface area (Å²) in [5, 5.41) is 7.10. The molecule has 0 bridgehead atoms. The Morgan fingerprint density at radius 3 is 1.30 bits per heavy atom. The van der Waals surface area contributed by atoms with Crippen LogP contribution in [0.15, 0.2) is 12.1 Å². The fourth-order valence-corrected chi connectivity index (χ4v) is 4.40. The van der Waals surface area contributed by atoms with Crippen LogP contribution in [0.2, 0.25) is 0 Å². The Balaban J connectivity index is 2.23. The van der Waals surface area contributed by atoms with Crippen LogP contribution in [-0.2, 0) is 0 Å². The predicted octanol–water partition coefficient (Wildman–Crippen LogP) is 2.94. The van der Waals surface area contributed by atoms with Crippen LogP contribution in [-0.4, -0.2) is 59.6 Å². The van der Waals surface area contributed by atoms with Crippen LogP contribution in [0.4, 0.5) is 11.4 Å². The number of hydrogen-bond acceptors (Lipinski definition) is 6. The largest absolute Gasteiger partial charge is 0.385 e. The number of carbonyl (C=O) groups excluding carboxylic acids is 4. The molecule has 0 atom stereocenters. The molecule has 0 radical (unpaired) electrons. The summed E-state index contributed by atoms with van der Waals surface area (Å²) in [6.45, 7) is 8.80. The van der Waals surface area contributed by atoms with E-state index in [1.54, 1.807) is 26.0 Å². The average Bonchev–Trinajstić information content (AvgIpc) is 2.72. The van der Waals surface area contributed by atoms with Gasteiger partial charge in [0, 0.05) is 48.3 Å². The highest BCUT2D eigenvalue weighted by Gasteiger charge is 2.41. The van der Waals surface area contributed by atoms with Gasteiger partial charge in [-0.3, -0.25) is 29.0 Å². The summed E-state index contributed by atoms with van der Waals surface area (Å²) < 4.78 is 0. The van der Waals surface area contributed by atoms with Crippen molar-refractivity contribution in [3.8, 4) is 0 Å². The number of anilines is 2. The summed E-state index contributed by atoms with van der Waals surface area (Å²) in [4.78, 5) is 55.2. The van der Waals surface area contributed by atoms with E-state index >= 15 is 0 Å². The SMILES string of the molecule is CCNc1cc2c3c(c(NCC)cc4c3c1C(=O)N(CC)C4=O)C(=O)N(CC)C2=O. The fraction of sp³-hybridized carbons (Fsp3) is 0.364. The van der Waals surface area contributed by atoms with Gasteiger partial charge in [-0.05, 0) is 39.8 Å². The highest BCUT2D eigenvalue weighted by Crippen LogP contribution is 2.44. The molecule has 0 spiro atoms. The third kappa shape index (κ3) is 2.46. The van der Waals surface area contributed by atoms with Gasteiger partial charge in [0.1, 0.15) is 0 Å². The third-order valence-corrected chi connectivity index (χ3v) is 5.64. The van der Waals surface area contributed by atoms with E-state index in [1.807, 2.05) is 13.8 Å². The minimum absolute atomic E-state index is 0.228. The molecule has 2 aromatic carbocycles. The van der Waals surface area contributed by atoms with E-state index in [9.17, 15) is 19.2 Å². The normalized spacial score (nSPS) is 15.3. The number of hydrogen-bond donors (Lipinski definition) is 2. The van der Waals surface area contributed by atoms with Crippen LogP contribution in [0.5, 0.6) is 0 Å². The lowest BCUT2D eigenvalue weighted by Crippen LogP contribution is -2.43. The number of benzene rings is 2. The minimum Gasteiger partial charge on any atom is -0.385 e. The summed E-state index contributed by atoms with van der Waals surface area (Å²) in [7, 11) is 0. The van der Waals surface area contributed by atoms with Crippen molar-refractivity contribution in [3.63, 3.8) is 0 Å². The molecule has 8 heteroatoms. The van der Waals surface area contributed by atoms with E-state index in [1.165, 1.54) is 9.80 Å². The average molecular weight is 408 g/mol. The molecule has 2 N–H and O–H groups in total. The van der Waals surface area contributed by atoms with E-state index in [0.29, 0.717) is 57.5 Å². The zero-order valence-electron chi connectivity index (χ0n) is 17.5. The lowest BCUT2D eigenvalue weighted by Gasteiger charge is -2.33. The van der Waals surface area contributed by atoms with E-state index in [2.05, 4.69) is 10.6 Å². The standard InChI is InChI=1S/C22H24N4O4/c1-5-23-13-9-11-16-15-12(20(28)25(7-3)21(29)17(13)15)10-14(24-6-2)18(16)22(30)26(8-4)19(11)27/h9-10,23-24H,5-8H2,1-4H3. The molecule has 0 saturated carbocycles. The topological polar surface area (TPSA) is 98.8 Å². The maximum atomic E-state index is 13.2. The Bertz CT molecular complexity index is 1050. The molecule has 4 rings (SSSR count). The Morgan fingerprint density at radius 1 is 0.633 bits per heavy atom. The van der Waals surface area contributed by atoms with Gasteiger partial charge >= 0.3 is 0 Å². The number of carbonyl (C=O) groups is 4. The summed E-state index contributed by atoms with van der Waals surface area (Å²) in [6, 6.07) is 3.28. The minimum atomic E-state index is -0.419. The molecule has 0 saturated heterocycles. The van der Waals surface area contributed by atoms with Crippen molar-refractivity contribution in [2.45, 2.75) is 27.7 Å². The highest BCUT2D eigenvalue weighted by atomic mass is 16.2. The predicted molar refractivity (Wildman–Crippen MR) is 114 cm³/mol. The van der Waals surface area contributed by atoms with Gasteiger partial charge in [-0.1, -0.05) is 0 Å². The van der Waals surface area contributed by atoms with E-state index in [0.717, 1.165) is 0 Å². The number of amides is 4. The molecule has 30 heavy (non-hydrogen) atoms. The van der Waals surface area contributed by atoms with E-state index in [4.69, 9.17) is 0 Å². The number of nitrogens with one attached hydrogen (secondary N) is 2. The van der Waals surface area contributed by atoms with Gasteiger partial charge in [0.05, 0.1) is 22.3 Å². The van der Waals surface area contributed by atoms with Crippen molar-refractivity contribution in [3.05, 3.63) is 34.4 Å². The molecule has 4 amide bonds. The molecule has 0 aliphatic carbocycles. The summed E-state index contributed by atoms with van der Waals surface area (Å²) in [5.41, 5.74) is 2.32. The van der Waals surface area contributed by atoms with Gasteiger partial charge in [0.2, 0.25) is 0 Å². The van der Waals surface area contributed by atoms with Crippen molar-refractivity contribution in [1.82, 2.24) is 9.80 Å². The maximum Gasteiger partial charge on any atom is 0.263 e. The van der Waals surface area contributed by atoms with Crippen LogP contribution in [0.1, 0.15) is 69.1 Å². The molecular weight excluding hydrogens is 384 g/mol. The second-order valence-electron chi connectivity index (χ2n) is 7.21. The van der Waals surface area contributed by atoms with Gasteiger partial charge in [0.15, 0.2) is 0 Å². The first-order chi connectivity index (χ1) is 14.4. The second kappa shape index (κ2) is 7.12. The Labute approximate surface area is 174 Å². The van der Waals surface area contributed by atoms with Crippen LogP contribution in [0, 0.1) is 0 Å². The van der Waals surface area contributed by atoms with Crippen molar-refractivity contribution < 1.29 is 19.2 Å². The first-order valence-corrected chi connectivity index (χ1v) is 10.3. The molecule has 2 aromatic rings. The van der Waals surface area contributed by atoms with Gasteiger partial charge in [-0.15, -0.1) is 0 Å². The van der Waals surface area contributed by atoms with E-state index < -0.39 is 23.6 Å². The maximum absolute atomic E-state index is 13.2. The summed E-state index contributed by atoms with van der Waals surface area (Å²) >= 11 is 0. The van der Waals surface area contributed by atoms with Crippen LogP contribution < -0.4 is 10.6 Å². The van der Waals surface area contributed by atoms with Crippen LogP contribution >= 0.6 is 0 Å². The fourth-order valence-electron chi connectivity index (χ4n) is 4.40. The first-order valence-electron chi connectivity index (χ1n) is 10.3. The lowest BCUT2D eigenvalue weighted by molar-refractivity contribution is 0.0598. The molecule has 0 aromatic heterocycles. The summed E-state index contributed by atoms with van der Waals surface area (Å²) in [6.07, 6.45) is 0. The second-order valence-corrected chi connectivity index (χ2v) is 7.21. The smallest absolute Gasteiger partial charge is 0.263 e. The van der Waals surface area contributed by atoms with Gasteiger partial charge in [-0.2, -0.15) is 0 Å². The lowest BCUT2D eigenvalue weighted by atomic mass is 9.83. The number of imide groups is 2. The zero-order valence-corrected chi connectivity index (χ0v) is 17.5. The molecule has 2 aliphatic rings. The molecule has 8 nitrogen and oxygen atoms in total. The van der Waals surface area contributed by atoms with Crippen LogP contribution in [0.25, 0.3) is 10.8 Å². The summed E-state index contributed by atoms with van der Waals surface area (Å²) in [5.74, 6) is -1.67. The van der Waals surface area contributed by atoms with Gasteiger partial charge in [0.25, 0.3) is 23.6 Å². The third-order valence-electron chi connectivity index (χ3n) is 5.64. The molecule has 0 fully saturated rings. The molecule has 2 aliphatic heterocycles. The van der Waals surface area contributed by atoms with Crippen molar-refractivity contribution >= 4 is 45.8 Å². The zero-order chi connectivity index (χ0) is 21.7. The monoisotopic (exact) mass is 408 g/mol. The Kier molecular flexibility index (Phi) is 4.72. The van der Waals surface area contributed by atoms with Crippen molar-refractivity contribution in [2.75, 3.05) is 36.8 Å². The number of rotatable bonds is 6. The number of nitrogens with zero attached hydrogens (tertiary/aromatic N) is 2. The van der Waals surface area contributed by atoms with Crippen LogP contribution in [0.3, 0.4) is 0 Å².